The van der Waals surface area contributed by atoms with Crippen molar-refractivity contribution in [1.82, 2.24) is 14.8 Å². The third-order valence-corrected chi connectivity index (χ3v) is 3.44. The maximum atomic E-state index is 13.2. The van der Waals surface area contributed by atoms with Gasteiger partial charge in [-0.05, 0) is 48.2 Å². The lowest BCUT2D eigenvalue weighted by molar-refractivity contribution is 0.625. The first-order valence-electron chi connectivity index (χ1n) is 6.90. The minimum absolute atomic E-state index is 0.192. The van der Waals surface area contributed by atoms with Crippen molar-refractivity contribution in [2.45, 2.75) is 12.8 Å². The molecule has 0 amide bonds. The highest BCUT2D eigenvalue weighted by atomic mass is 19.1. The van der Waals surface area contributed by atoms with E-state index in [0.29, 0.717) is 0 Å². The predicted molar refractivity (Wildman–Crippen MR) is 80.2 cm³/mol. The van der Waals surface area contributed by atoms with Crippen molar-refractivity contribution in [2.24, 2.45) is 7.05 Å². The number of pyridine rings is 1. The molecule has 0 saturated heterocycles. The Kier molecular flexibility index (Phi) is 3.77. The Morgan fingerprint density at radius 3 is 2.67 bits per heavy atom. The van der Waals surface area contributed by atoms with Gasteiger partial charge in [-0.25, -0.2) is 4.39 Å². The first kappa shape index (κ1) is 13.5. The number of halogens is 1. The van der Waals surface area contributed by atoms with Crippen LogP contribution in [0.15, 0.2) is 55.0 Å². The molecule has 21 heavy (non-hydrogen) atoms. The molecule has 1 aromatic carbocycles. The van der Waals surface area contributed by atoms with Gasteiger partial charge in [0, 0.05) is 31.2 Å². The van der Waals surface area contributed by atoms with Gasteiger partial charge < -0.3 is 0 Å². The number of aromatic nitrogens is 3. The van der Waals surface area contributed by atoms with Crippen LogP contribution >= 0.6 is 0 Å². The molecule has 0 aliphatic heterocycles. The van der Waals surface area contributed by atoms with Gasteiger partial charge in [-0.3, -0.25) is 9.67 Å². The lowest BCUT2D eigenvalue weighted by Gasteiger charge is -2.03. The quantitative estimate of drug-likeness (QED) is 0.733. The van der Waals surface area contributed by atoms with Gasteiger partial charge in [0.15, 0.2) is 0 Å². The lowest BCUT2D eigenvalue weighted by Crippen LogP contribution is -1.96. The Bertz CT molecular complexity index is 735. The highest BCUT2D eigenvalue weighted by Crippen LogP contribution is 2.23. The van der Waals surface area contributed by atoms with Crippen molar-refractivity contribution in [3.05, 3.63) is 72.1 Å². The molecule has 0 N–H and O–H groups in total. The largest absolute Gasteiger partial charge is 0.275 e. The second-order valence-corrected chi connectivity index (χ2v) is 5.03. The zero-order chi connectivity index (χ0) is 14.7. The second-order valence-electron chi connectivity index (χ2n) is 5.03. The minimum atomic E-state index is -0.192. The average molecular weight is 281 g/mol. The first-order valence-corrected chi connectivity index (χ1v) is 6.90. The second kappa shape index (κ2) is 5.87. The van der Waals surface area contributed by atoms with Crippen molar-refractivity contribution >= 4 is 0 Å². The number of hydrogen-bond acceptors (Lipinski definition) is 2. The van der Waals surface area contributed by atoms with Crippen LogP contribution in [0, 0.1) is 5.82 Å². The van der Waals surface area contributed by atoms with Crippen LogP contribution in [0.2, 0.25) is 0 Å². The molecule has 2 heterocycles. The molecule has 106 valence electrons. The standard InChI is InChI=1S/C17H16FN3/c1-21-12-16(14-7-9-19-10-8-14)17(20-21)6-5-13-3-2-4-15(18)11-13/h2-4,7-12H,5-6H2,1H3. The Labute approximate surface area is 123 Å². The van der Waals surface area contributed by atoms with E-state index in [9.17, 15) is 4.39 Å². The SMILES string of the molecule is Cn1cc(-c2ccncc2)c(CCc2cccc(F)c2)n1. The van der Waals surface area contributed by atoms with Gasteiger partial charge >= 0.3 is 0 Å². The summed E-state index contributed by atoms with van der Waals surface area (Å²) in [7, 11) is 1.91. The fourth-order valence-corrected chi connectivity index (χ4v) is 2.45. The summed E-state index contributed by atoms with van der Waals surface area (Å²) in [6, 6.07) is 10.7. The van der Waals surface area contributed by atoms with Crippen LogP contribution in [0.25, 0.3) is 11.1 Å². The zero-order valence-corrected chi connectivity index (χ0v) is 11.8. The topological polar surface area (TPSA) is 30.7 Å². The van der Waals surface area contributed by atoms with Crippen LogP contribution < -0.4 is 0 Å². The smallest absolute Gasteiger partial charge is 0.123 e. The summed E-state index contributed by atoms with van der Waals surface area (Å²) in [4.78, 5) is 4.04. The summed E-state index contributed by atoms with van der Waals surface area (Å²) in [5.41, 5.74) is 4.22. The van der Waals surface area contributed by atoms with E-state index in [4.69, 9.17) is 0 Å². The Morgan fingerprint density at radius 1 is 1.10 bits per heavy atom. The van der Waals surface area contributed by atoms with E-state index in [1.54, 1.807) is 24.5 Å². The predicted octanol–water partition coefficient (Wildman–Crippen LogP) is 3.41. The molecular formula is C17H16FN3. The van der Waals surface area contributed by atoms with Gasteiger partial charge in [-0.15, -0.1) is 0 Å². The van der Waals surface area contributed by atoms with E-state index in [2.05, 4.69) is 10.1 Å². The van der Waals surface area contributed by atoms with Crippen LogP contribution in [0.5, 0.6) is 0 Å². The number of benzene rings is 1. The van der Waals surface area contributed by atoms with Crippen molar-refractivity contribution in [2.75, 3.05) is 0 Å². The fourth-order valence-electron chi connectivity index (χ4n) is 2.45. The van der Waals surface area contributed by atoms with Crippen molar-refractivity contribution in [3.8, 4) is 11.1 Å². The molecule has 0 spiro atoms. The molecule has 0 atom stereocenters. The van der Waals surface area contributed by atoms with Crippen LogP contribution in [0.1, 0.15) is 11.3 Å². The maximum Gasteiger partial charge on any atom is 0.123 e. The number of rotatable bonds is 4. The van der Waals surface area contributed by atoms with Crippen LogP contribution in [-0.2, 0) is 19.9 Å². The molecular weight excluding hydrogens is 265 g/mol. The highest BCUT2D eigenvalue weighted by molar-refractivity contribution is 5.64. The maximum absolute atomic E-state index is 13.2. The van der Waals surface area contributed by atoms with E-state index in [1.165, 1.54) is 6.07 Å². The summed E-state index contributed by atoms with van der Waals surface area (Å²) in [6.45, 7) is 0. The summed E-state index contributed by atoms with van der Waals surface area (Å²) in [5, 5.41) is 4.53. The van der Waals surface area contributed by atoms with Gasteiger partial charge in [-0.1, -0.05) is 12.1 Å². The monoisotopic (exact) mass is 281 g/mol. The summed E-state index contributed by atoms with van der Waals surface area (Å²) in [5.74, 6) is -0.192. The van der Waals surface area contributed by atoms with E-state index >= 15 is 0 Å². The summed E-state index contributed by atoms with van der Waals surface area (Å²) < 4.78 is 15.0. The van der Waals surface area contributed by atoms with Crippen LogP contribution in [-0.4, -0.2) is 14.8 Å². The van der Waals surface area contributed by atoms with Gasteiger partial charge in [-0.2, -0.15) is 5.10 Å². The molecule has 0 bridgehead atoms. The van der Waals surface area contributed by atoms with Gasteiger partial charge in [0.2, 0.25) is 0 Å². The third kappa shape index (κ3) is 3.16. The highest BCUT2D eigenvalue weighted by Gasteiger charge is 2.10. The minimum Gasteiger partial charge on any atom is -0.275 e. The molecule has 4 heteroatoms. The molecule has 0 unspecified atom stereocenters. The molecule has 2 aromatic heterocycles. The average Bonchev–Trinajstić information content (AvgIpc) is 2.87. The van der Waals surface area contributed by atoms with Gasteiger partial charge in [0.1, 0.15) is 5.82 Å². The van der Waals surface area contributed by atoms with Gasteiger partial charge in [0.05, 0.1) is 5.69 Å². The molecule has 0 radical (unpaired) electrons. The summed E-state index contributed by atoms with van der Waals surface area (Å²) in [6.07, 6.45) is 7.11. The molecule has 0 aliphatic rings. The Balaban J connectivity index is 1.83. The van der Waals surface area contributed by atoms with E-state index in [0.717, 1.165) is 35.2 Å². The normalized spacial score (nSPS) is 10.8. The number of hydrogen-bond donors (Lipinski definition) is 0. The Morgan fingerprint density at radius 2 is 1.90 bits per heavy atom. The Hall–Kier alpha value is -2.49. The molecule has 0 saturated carbocycles. The van der Waals surface area contributed by atoms with Crippen LogP contribution in [0.4, 0.5) is 4.39 Å². The molecule has 3 aromatic rings. The van der Waals surface area contributed by atoms with Crippen molar-refractivity contribution in [3.63, 3.8) is 0 Å². The zero-order valence-electron chi connectivity index (χ0n) is 11.8. The molecule has 0 aliphatic carbocycles. The first-order chi connectivity index (χ1) is 10.2. The fraction of sp³-hybridized carbons (Fsp3) is 0.176. The number of nitrogens with zero attached hydrogens (tertiary/aromatic N) is 3. The molecule has 3 nitrogen and oxygen atoms in total. The number of aryl methyl sites for hydroxylation is 3. The van der Waals surface area contributed by atoms with Crippen molar-refractivity contribution in [1.29, 1.82) is 0 Å². The van der Waals surface area contributed by atoms with E-state index < -0.39 is 0 Å². The van der Waals surface area contributed by atoms with Crippen molar-refractivity contribution < 1.29 is 4.39 Å². The van der Waals surface area contributed by atoms with E-state index in [1.807, 2.05) is 36.1 Å². The molecule has 0 fully saturated rings. The lowest BCUT2D eigenvalue weighted by atomic mass is 10.0. The summed E-state index contributed by atoms with van der Waals surface area (Å²) >= 11 is 0. The van der Waals surface area contributed by atoms with E-state index in [-0.39, 0.29) is 5.82 Å². The van der Waals surface area contributed by atoms with Crippen LogP contribution in [0.3, 0.4) is 0 Å². The third-order valence-electron chi connectivity index (χ3n) is 3.44. The molecule has 3 rings (SSSR count). The van der Waals surface area contributed by atoms with Gasteiger partial charge in [0.25, 0.3) is 0 Å².